The highest BCUT2D eigenvalue weighted by Gasteiger charge is 2.20. The Morgan fingerprint density at radius 3 is 2.30 bits per heavy atom. The molecule has 128 valence electrons. The second-order valence-electron chi connectivity index (χ2n) is 5.30. The fraction of sp³-hybridized carbons (Fsp3) is 0.500. The zero-order valence-corrected chi connectivity index (χ0v) is 14.9. The van der Waals surface area contributed by atoms with E-state index in [1.807, 2.05) is 13.8 Å². The summed E-state index contributed by atoms with van der Waals surface area (Å²) < 4.78 is 10.5. The maximum atomic E-state index is 12.0. The molecule has 2 amide bonds. The van der Waals surface area contributed by atoms with Gasteiger partial charge in [0.2, 0.25) is 11.8 Å². The first-order chi connectivity index (χ1) is 10.8. The molecular formula is C16H23ClN2O4. The summed E-state index contributed by atoms with van der Waals surface area (Å²) in [6.45, 7) is 5.43. The molecular weight excluding hydrogens is 320 g/mol. The number of rotatable bonds is 7. The molecule has 0 aliphatic carbocycles. The van der Waals surface area contributed by atoms with Crippen LogP contribution in [-0.4, -0.2) is 38.6 Å². The summed E-state index contributed by atoms with van der Waals surface area (Å²) in [4.78, 5) is 25.3. The minimum Gasteiger partial charge on any atom is -0.495 e. The number of benzene rings is 1. The summed E-state index contributed by atoms with van der Waals surface area (Å²) in [5, 5.41) is 3.18. The lowest BCUT2D eigenvalue weighted by Gasteiger charge is -2.24. The molecule has 1 aromatic carbocycles. The molecule has 0 atom stereocenters. The van der Waals surface area contributed by atoms with E-state index in [4.69, 9.17) is 21.1 Å². The predicted octanol–water partition coefficient (Wildman–Crippen LogP) is 2.62. The van der Waals surface area contributed by atoms with Gasteiger partial charge in [0.1, 0.15) is 11.5 Å². The van der Waals surface area contributed by atoms with E-state index in [0.29, 0.717) is 22.2 Å². The first kappa shape index (κ1) is 19.1. The number of nitrogens with one attached hydrogen (secondary N) is 1. The molecule has 23 heavy (non-hydrogen) atoms. The van der Waals surface area contributed by atoms with Crippen LogP contribution in [0.3, 0.4) is 0 Å². The second kappa shape index (κ2) is 8.62. The summed E-state index contributed by atoms with van der Waals surface area (Å²) in [6.07, 6.45) is 0.186. The number of hydrogen-bond acceptors (Lipinski definition) is 4. The van der Waals surface area contributed by atoms with Crippen molar-refractivity contribution in [2.45, 2.75) is 33.2 Å². The van der Waals surface area contributed by atoms with Crippen LogP contribution in [-0.2, 0) is 9.59 Å². The molecule has 0 fully saturated rings. The van der Waals surface area contributed by atoms with Crippen molar-refractivity contribution in [2.75, 3.05) is 25.7 Å². The van der Waals surface area contributed by atoms with E-state index in [0.717, 1.165) is 0 Å². The van der Waals surface area contributed by atoms with E-state index in [-0.39, 0.29) is 30.8 Å². The lowest BCUT2D eigenvalue weighted by molar-refractivity contribution is -0.121. The van der Waals surface area contributed by atoms with Crippen LogP contribution in [0.25, 0.3) is 0 Å². The SMILES string of the molecule is COc1cc(N(CCC(=O)NC(C)C)C(C)=O)c(OC)cc1Cl. The highest BCUT2D eigenvalue weighted by Crippen LogP contribution is 2.38. The Morgan fingerprint density at radius 2 is 1.83 bits per heavy atom. The number of nitrogens with zero attached hydrogens (tertiary/aromatic N) is 1. The van der Waals surface area contributed by atoms with Crippen molar-refractivity contribution in [3.63, 3.8) is 0 Å². The molecule has 1 rings (SSSR count). The number of methoxy groups -OCH3 is 2. The third kappa shape index (κ3) is 5.32. The second-order valence-corrected chi connectivity index (χ2v) is 5.71. The quantitative estimate of drug-likeness (QED) is 0.827. The monoisotopic (exact) mass is 342 g/mol. The summed E-state index contributed by atoms with van der Waals surface area (Å²) in [6, 6.07) is 3.27. The number of carbonyl (C=O) groups is 2. The topological polar surface area (TPSA) is 67.9 Å². The van der Waals surface area contributed by atoms with Crippen molar-refractivity contribution >= 4 is 29.1 Å². The van der Waals surface area contributed by atoms with E-state index in [2.05, 4.69) is 5.32 Å². The van der Waals surface area contributed by atoms with Crippen LogP contribution >= 0.6 is 11.6 Å². The van der Waals surface area contributed by atoms with Crippen LogP contribution in [0.2, 0.25) is 5.02 Å². The highest BCUT2D eigenvalue weighted by atomic mass is 35.5. The lowest BCUT2D eigenvalue weighted by atomic mass is 10.2. The van der Waals surface area contributed by atoms with Gasteiger partial charge < -0.3 is 19.7 Å². The van der Waals surface area contributed by atoms with Crippen molar-refractivity contribution in [3.05, 3.63) is 17.2 Å². The molecule has 0 aromatic heterocycles. The molecule has 0 heterocycles. The summed E-state index contributed by atoms with van der Waals surface area (Å²) >= 11 is 6.08. The zero-order valence-electron chi connectivity index (χ0n) is 14.1. The van der Waals surface area contributed by atoms with E-state index >= 15 is 0 Å². The highest BCUT2D eigenvalue weighted by molar-refractivity contribution is 6.32. The predicted molar refractivity (Wildman–Crippen MR) is 90.5 cm³/mol. The van der Waals surface area contributed by atoms with Gasteiger partial charge in [-0.25, -0.2) is 0 Å². The molecule has 0 spiro atoms. The van der Waals surface area contributed by atoms with E-state index in [9.17, 15) is 9.59 Å². The Kier molecular flexibility index (Phi) is 7.16. The van der Waals surface area contributed by atoms with E-state index in [1.165, 1.54) is 26.0 Å². The normalized spacial score (nSPS) is 10.4. The Hall–Kier alpha value is -1.95. The van der Waals surface area contributed by atoms with Gasteiger partial charge in [-0.3, -0.25) is 9.59 Å². The smallest absolute Gasteiger partial charge is 0.223 e. The Morgan fingerprint density at radius 1 is 1.22 bits per heavy atom. The molecule has 0 aliphatic heterocycles. The fourth-order valence-electron chi connectivity index (χ4n) is 2.11. The van der Waals surface area contributed by atoms with Crippen LogP contribution in [0.15, 0.2) is 12.1 Å². The van der Waals surface area contributed by atoms with Crippen molar-refractivity contribution in [1.29, 1.82) is 0 Å². The van der Waals surface area contributed by atoms with Gasteiger partial charge in [-0.2, -0.15) is 0 Å². The summed E-state index contributed by atoms with van der Waals surface area (Å²) in [5.74, 6) is 0.548. The van der Waals surface area contributed by atoms with Gasteiger partial charge in [0.05, 0.1) is 24.9 Å². The molecule has 1 aromatic rings. The lowest BCUT2D eigenvalue weighted by Crippen LogP contribution is -2.36. The van der Waals surface area contributed by atoms with Gasteiger partial charge in [-0.05, 0) is 13.8 Å². The van der Waals surface area contributed by atoms with Crippen LogP contribution in [0.4, 0.5) is 5.69 Å². The molecule has 6 nitrogen and oxygen atoms in total. The Labute approximate surface area is 141 Å². The largest absolute Gasteiger partial charge is 0.495 e. The molecule has 1 N–H and O–H groups in total. The van der Waals surface area contributed by atoms with Crippen molar-refractivity contribution < 1.29 is 19.1 Å². The number of ether oxygens (including phenoxy) is 2. The number of anilines is 1. The Bertz CT molecular complexity index is 575. The average molecular weight is 343 g/mol. The maximum absolute atomic E-state index is 12.0. The fourth-order valence-corrected chi connectivity index (χ4v) is 2.34. The first-order valence-corrected chi connectivity index (χ1v) is 7.67. The van der Waals surface area contributed by atoms with Gasteiger partial charge in [0, 0.05) is 38.1 Å². The minimum absolute atomic E-state index is 0.0541. The number of halogens is 1. The molecule has 0 radical (unpaired) electrons. The molecule has 7 heteroatoms. The standard InChI is InChI=1S/C16H23ClN2O4/c1-10(2)18-16(21)6-7-19(11(3)20)13-9-14(22-4)12(17)8-15(13)23-5/h8-10H,6-7H2,1-5H3,(H,18,21). The van der Waals surface area contributed by atoms with Crippen molar-refractivity contribution in [2.24, 2.45) is 0 Å². The van der Waals surface area contributed by atoms with Crippen LogP contribution < -0.4 is 19.7 Å². The van der Waals surface area contributed by atoms with Gasteiger partial charge in [-0.1, -0.05) is 11.6 Å². The number of carbonyl (C=O) groups excluding carboxylic acids is 2. The van der Waals surface area contributed by atoms with Crippen molar-refractivity contribution in [1.82, 2.24) is 5.32 Å². The average Bonchev–Trinajstić information content (AvgIpc) is 2.47. The van der Waals surface area contributed by atoms with E-state index < -0.39 is 0 Å². The van der Waals surface area contributed by atoms with Crippen LogP contribution in [0, 0.1) is 0 Å². The number of hydrogen-bond donors (Lipinski definition) is 1. The molecule has 0 saturated carbocycles. The van der Waals surface area contributed by atoms with Gasteiger partial charge in [0.25, 0.3) is 0 Å². The third-order valence-corrected chi connectivity index (χ3v) is 3.43. The summed E-state index contributed by atoms with van der Waals surface area (Å²) in [7, 11) is 2.98. The third-order valence-electron chi connectivity index (χ3n) is 3.14. The molecule has 0 bridgehead atoms. The maximum Gasteiger partial charge on any atom is 0.223 e. The Balaban J connectivity index is 3.05. The molecule has 0 saturated heterocycles. The van der Waals surface area contributed by atoms with E-state index in [1.54, 1.807) is 12.1 Å². The summed E-state index contributed by atoms with van der Waals surface area (Å²) in [5.41, 5.74) is 0.513. The molecule has 0 aliphatic rings. The van der Waals surface area contributed by atoms with Gasteiger partial charge in [0.15, 0.2) is 0 Å². The van der Waals surface area contributed by atoms with Crippen LogP contribution in [0.1, 0.15) is 27.2 Å². The first-order valence-electron chi connectivity index (χ1n) is 7.29. The van der Waals surface area contributed by atoms with Crippen molar-refractivity contribution in [3.8, 4) is 11.5 Å². The number of amides is 2. The van der Waals surface area contributed by atoms with Gasteiger partial charge in [-0.15, -0.1) is 0 Å². The van der Waals surface area contributed by atoms with Crippen LogP contribution in [0.5, 0.6) is 11.5 Å². The minimum atomic E-state index is -0.204. The zero-order chi connectivity index (χ0) is 17.6. The van der Waals surface area contributed by atoms with Gasteiger partial charge >= 0.3 is 0 Å². The molecule has 0 unspecified atom stereocenters.